The summed E-state index contributed by atoms with van der Waals surface area (Å²) in [6.45, 7) is 4.12. The lowest BCUT2D eigenvalue weighted by Crippen LogP contribution is -2.45. The Balaban J connectivity index is 2.31. The zero-order valence-electron chi connectivity index (χ0n) is 10.7. The topological polar surface area (TPSA) is 75.6 Å². The molecule has 19 heavy (non-hydrogen) atoms. The largest absolute Gasteiger partial charge is 0.478 e. The highest BCUT2D eigenvalue weighted by molar-refractivity contribution is 6.01. The molecule has 1 heterocycles. The summed E-state index contributed by atoms with van der Waals surface area (Å²) in [6, 6.07) is 0. The van der Waals surface area contributed by atoms with Crippen LogP contribution in [0.15, 0.2) is 47.4 Å². The van der Waals surface area contributed by atoms with E-state index in [-0.39, 0.29) is 0 Å². The Bertz CT molecular complexity index is 538. The Hall–Kier alpha value is -2.30. The van der Waals surface area contributed by atoms with E-state index < -0.39 is 18.0 Å². The quantitative estimate of drug-likeness (QED) is 0.739. The predicted octanol–water partition coefficient (Wildman–Crippen LogP) is 1.51. The van der Waals surface area contributed by atoms with Gasteiger partial charge < -0.3 is 15.2 Å². The van der Waals surface area contributed by atoms with Crippen molar-refractivity contribution < 1.29 is 19.4 Å². The second-order valence-electron chi connectivity index (χ2n) is 4.62. The van der Waals surface area contributed by atoms with Gasteiger partial charge in [-0.25, -0.2) is 4.79 Å². The summed E-state index contributed by atoms with van der Waals surface area (Å²) in [5.41, 5.74) is 1.56. The minimum atomic E-state index is -1.50. The van der Waals surface area contributed by atoms with Crippen molar-refractivity contribution >= 4 is 11.9 Å². The molecule has 0 saturated heterocycles. The minimum absolute atomic E-state index is 0.344. The lowest BCUT2D eigenvalue weighted by atomic mass is 10.0. The fourth-order valence-corrected chi connectivity index (χ4v) is 1.79. The van der Waals surface area contributed by atoms with Gasteiger partial charge in [-0.2, -0.15) is 0 Å². The van der Waals surface area contributed by atoms with Crippen LogP contribution < -0.4 is 5.32 Å². The molecule has 0 bridgehead atoms. The number of rotatable bonds is 2. The van der Waals surface area contributed by atoms with Crippen LogP contribution in [-0.4, -0.2) is 23.1 Å². The summed E-state index contributed by atoms with van der Waals surface area (Å²) >= 11 is 0. The van der Waals surface area contributed by atoms with Gasteiger partial charge in [-0.15, -0.1) is 0 Å². The van der Waals surface area contributed by atoms with Gasteiger partial charge in [0, 0.05) is 0 Å². The van der Waals surface area contributed by atoms with Crippen LogP contribution in [-0.2, 0) is 14.3 Å². The molecule has 0 aromatic carbocycles. The van der Waals surface area contributed by atoms with Crippen molar-refractivity contribution in [3.8, 4) is 0 Å². The molecule has 2 aliphatic rings. The van der Waals surface area contributed by atoms with Gasteiger partial charge in [0.2, 0.25) is 0 Å². The SMILES string of the molecule is CC(C)C1=CC=CC2=C(C=C1)OC(C(=O)O)C(=O)N2. The molecule has 1 amide bonds. The molecule has 0 aromatic heterocycles. The molecule has 0 aromatic rings. The van der Waals surface area contributed by atoms with Crippen molar-refractivity contribution in [3.05, 3.63) is 47.4 Å². The second-order valence-corrected chi connectivity index (χ2v) is 4.62. The molecule has 1 unspecified atom stereocenters. The fraction of sp³-hybridized carbons (Fsp3) is 0.286. The smallest absolute Gasteiger partial charge is 0.354 e. The number of amides is 1. The van der Waals surface area contributed by atoms with E-state index >= 15 is 0 Å². The van der Waals surface area contributed by atoms with Crippen molar-refractivity contribution in [2.45, 2.75) is 20.0 Å². The van der Waals surface area contributed by atoms with E-state index in [0.717, 1.165) is 5.57 Å². The average Bonchev–Trinajstić information content (AvgIpc) is 2.30. The Kier molecular flexibility index (Phi) is 3.55. The molecular formula is C14H15NO4. The maximum absolute atomic E-state index is 11.5. The van der Waals surface area contributed by atoms with Crippen molar-refractivity contribution in [3.63, 3.8) is 0 Å². The van der Waals surface area contributed by atoms with E-state index in [4.69, 9.17) is 9.84 Å². The van der Waals surface area contributed by atoms with Gasteiger partial charge in [-0.3, -0.25) is 4.79 Å². The number of aliphatic carboxylic acids is 1. The van der Waals surface area contributed by atoms with Gasteiger partial charge >= 0.3 is 5.97 Å². The molecule has 0 spiro atoms. The highest BCUT2D eigenvalue weighted by Gasteiger charge is 2.33. The molecule has 0 fully saturated rings. The van der Waals surface area contributed by atoms with E-state index in [2.05, 4.69) is 19.2 Å². The summed E-state index contributed by atoms with van der Waals surface area (Å²) in [5.74, 6) is -1.27. The molecule has 2 rings (SSSR count). The Morgan fingerprint density at radius 3 is 2.74 bits per heavy atom. The average molecular weight is 261 g/mol. The van der Waals surface area contributed by atoms with Gasteiger partial charge in [0.15, 0.2) is 0 Å². The van der Waals surface area contributed by atoms with Crippen molar-refractivity contribution in [2.24, 2.45) is 5.92 Å². The number of nitrogens with one attached hydrogen (secondary N) is 1. The standard InChI is InChI=1S/C14H15NO4/c1-8(2)9-4-3-5-10-11(7-6-9)19-12(14(17)18)13(16)15-10/h3-8,12H,1-2H3,(H,15,16)(H,17,18). The van der Waals surface area contributed by atoms with Crippen LogP contribution in [0.2, 0.25) is 0 Å². The minimum Gasteiger partial charge on any atom is -0.478 e. The normalized spacial score (nSPS) is 22.2. The molecule has 0 radical (unpaired) electrons. The predicted molar refractivity (Wildman–Crippen MR) is 68.9 cm³/mol. The van der Waals surface area contributed by atoms with Crippen molar-refractivity contribution in [1.29, 1.82) is 0 Å². The molecule has 1 aliphatic heterocycles. The fourth-order valence-electron chi connectivity index (χ4n) is 1.79. The lowest BCUT2D eigenvalue weighted by Gasteiger charge is -2.24. The molecule has 100 valence electrons. The number of ether oxygens (including phenoxy) is 1. The first-order valence-electron chi connectivity index (χ1n) is 6.00. The van der Waals surface area contributed by atoms with E-state index in [1.54, 1.807) is 18.2 Å². The number of hydrogen-bond donors (Lipinski definition) is 2. The van der Waals surface area contributed by atoms with Gasteiger partial charge in [0.25, 0.3) is 12.0 Å². The summed E-state index contributed by atoms with van der Waals surface area (Å²) in [7, 11) is 0. The first-order chi connectivity index (χ1) is 8.99. The maximum atomic E-state index is 11.5. The van der Waals surface area contributed by atoms with Gasteiger partial charge in [0.05, 0.1) is 5.70 Å². The molecule has 1 atom stereocenters. The van der Waals surface area contributed by atoms with Crippen LogP contribution in [0.3, 0.4) is 0 Å². The van der Waals surface area contributed by atoms with Crippen molar-refractivity contribution in [2.75, 3.05) is 0 Å². The molecule has 1 aliphatic carbocycles. The molecule has 5 nitrogen and oxygen atoms in total. The van der Waals surface area contributed by atoms with Crippen molar-refractivity contribution in [1.82, 2.24) is 5.32 Å². The first-order valence-corrected chi connectivity index (χ1v) is 6.00. The first kappa shape index (κ1) is 13.1. The molecule has 0 saturated carbocycles. The second kappa shape index (κ2) is 5.14. The highest BCUT2D eigenvalue weighted by atomic mass is 16.5. The molecule has 2 N–H and O–H groups in total. The summed E-state index contributed by atoms with van der Waals surface area (Å²) in [6.07, 6.45) is 7.49. The third-order valence-electron chi connectivity index (χ3n) is 2.88. The van der Waals surface area contributed by atoms with Crippen LogP contribution in [0, 0.1) is 5.92 Å². The third kappa shape index (κ3) is 2.76. The van der Waals surface area contributed by atoms with Gasteiger partial charge in [-0.1, -0.05) is 32.1 Å². The Morgan fingerprint density at radius 1 is 1.37 bits per heavy atom. The number of carbonyl (C=O) groups excluding carboxylic acids is 1. The molecule has 5 heteroatoms. The number of carbonyl (C=O) groups is 2. The zero-order chi connectivity index (χ0) is 14.0. The van der Waals surface area contributed by atoms with E-state index in [0.29, 0.717) is 17.4 Å². The Morgan fingerprint density at radius 2 is 2.11 bits per heavy atom. The number of carboxylic acid groups (broad SMARTS) is 1. The summed E-state index contributed by atoms with van der Waals surface area (Å²) in [5, 5.41) is 11.4. The number of carboxylic acids is 1. The van der Waals surface area contributed by atoms with E-state index in [9.17, 15) is 9.59 Å². The zero-order valence-corrected chi connectivity index (χ0v) is 10.7. The van der Waals surface area contributed by atoms with Crippen LogP contribution in [0.5, 0.6) is 0 Å². The summed E-state index contributed by atoms with van der Waals surface area (Å²) < 4.78 is 5.23. The van der Waals surface area contributed by atoms with Gasteiger partial charge in [0.1, 0.15) is 5.76 Å². The third-order valence-corrected chi connectivity index (χ3v) is 2.88. The van der Waals surface area contributed by atoms with E-state index in [1.807, 2.05) is 12.2 Å². The van der Waals surface area contributed by atoms with Crippen LogP contribution >= 0.6 is 0 Å². The van der Waals surface area contributed by atoms with Crippen LogP contribution in [0.4, 0.5) is 0 Å². The maximum Gasteiger partial charge on any atom is 0.354 e. The lowest BCUT2D eigenvalue weighted by molar-refractivity contribution is -0.155. The van der Waals surface area contributed by atoms with Crippen LogP contribution in [0.25, 0.3) is 0 Å². The number of allylic oxidation sites excluding steroid dienone is 6. The Labute approximate surface area is 110 Å². The summed E-state index contributed by atoms with van der Waals surface area (Å²) in [4.78, 5) is 22.4. The van der Waals surface area contributed by atoms with Crippen LogP contribution in [0.1, 0.15) is 13.8 Å². The van der Waals surface area contributed by atoms with Gasteiger partial charge in [-0.05, 0) is 23.6 Å². The highest BCUT2D eigenvalue weighted by Crippen LogP contribution is 2.21. The number of hydrogen-bond acceptors (Lipinski definition) is 3. The molecular weight excluding hydrogens is 246 g/mol. The van der Waals surface area contributed by atoms with E-state index in [1.165, 1.54) is 0 Å². The monoisotopic (exact) mass is 261 g/mol.